The van der Waals surface area contributed by atoms with Gasteiger partial charge in [-0.2, -0.15) is 5.10 Å². The van der Waals surface area contributed by atoms with Crippen LogP contribution in [0.5, 0.6) is 5.75 Å². The lowest BCUT2D eigenvalue weighted by molar-refractivity contribution is 0.0785. The molecule has 2 heterocycles. The first kappa shape index (κ1) is 17.8. The maximum Gasteiger partial charge on any atom is 0.271 e. The van der Waals surface area contributed by atoms with E-state index in [0.29, 0.717) is 11.6 Å². The van der Waals surface area contributed by atoms with E-state index in [4.69, 9.17) is 4.74 Å². The second-order valence-corrected chi connectivity index (χ2v) is 7.60. The van der Waals surface area contributed by atoms with E-state index in [-0.39, 0.29) is 5.91 Å². The Morgan fingerprint density at radius 2 is 1.93 bits per heavy atom. The van der Waals surface area contributed by atoms with Crippen molar-refractivity contribution in [3.05, 3.63) is 70.3 Å². The van der Waals surface area contributed by atoms with E-state index >= 15 is 0 Å². The first-order chi connectivity index (χ1) is 13.1. The van der Waals surface area contributed by atoms with Gasteiger partial charge in [-0.05, 0) is 42.3 Å². The Morgan fingerprint density at radius 3 is 2.63 bits per heavy atom. The van der Waals surface area contributed by atoms with Gasteiger partial charge in [0, 0.05) is 29.0 Å². The molecule has 1 aromatic heterocycles. The number of likely N-dealkylation sites (tertiary alicyclic amines) is 1. The van der Waals surface area contributed by atoms with Crippen LogP contribution in [0.3, 0.4) is 0 Å². The van der Waals surface area contributed by atoms with Crippen LogP contribution in [0.2, 0.25) is 0 Å². The van der Waals surface area contributed by atoms with E-state index in [9.17, 15) is 4.79 Å². The van der Waals surface area contributed by atoms with Gasteiger partial charge in [0.1, 0.15) is 11.4 Å². The van der Waals surface area contributed by atoms with Gasteiger partial charge in [-0.3, -0.25) is 9.89 Å². The van der Waals surface area contributed by atoms with Gasteiger partial charge in [-0.25, -0.2) is 0 Å². The number of H-pyrrole nitrogens is 1. The van der Waals surface area contributed by atoms with Crippen LogP contribution in [0, 0.1) is 0 Å². The number of hydrogen-bond acceptors (Lipinski definition) is 3. The van der Waals surface area contributed by atoms with Crippen molar-refractivity contribution >= 4 is 21.8 Å². The molecular formula is C21H20BrN3O2. The van der Waals surface area contributed by atoms with Crippen molar-refractivity contribution in [3.63, 3.8) is 0 Å². The number of carbonyl (C=O) groups excluding carboxylic acids is 1. The normalized spacial score (nSPS) is 16.5. The third kappa shape index (κ3) is 3.76. The van der Waals surface area contributed by atoms with Crippen molar-refractivity contribution in [3.8, 4) is 17.0 Å². The van der Waals surface area contributed by atoms with E-state index < -0.39 is 0 Å². The van der Waals surface area contributed by atoms with Crippen molar-refractivity contribution in [2.45, 2.75) is 12.3 Å². The largest absolute Gasteiger partial charge is 0.497 e. The Labute approximate surface area is 166 Å². The Kier molecular flexibility index (Phi) is 4.99. The van der Waals surface area contributed by atoms with E-state index in [0.717, 1.165) is 41.0 Å². The molecule has 2 aromatic carbocycles. The van der Waals surface area contributed by atoms with Gasteiger partial charge in [-0.1, -0.05) is 40.2 Å². The summed E-state index contributed by atoms with van der Waals surface area (Å²) in [5, 5.41) is 7.20. The van der Waals surface area contributed by atoms with Crippen LogP contribution in [-0.4, -0.2) is 41.2 Å². The van der Waals surface area contributed by atoms with Gasteiger partial charge in [0.25, 0.3) is 5.91 Å². The Morgan fingerprint density at radius 1 is 1.19 bits per heavy atom. The van der Waals surface area contributed by atoms with Crippen LogP contribution in [0.25, 0.3) is 11.3 Å². The number of ether oxygens (including phenoxy) is 1. The maximum atomic E-state index is 12.9. The van der Waals surface area contributed by atoms with Crippen molar-refractivity contribution in [2.24, 2.45) is 0 Å². The molecule has 1 amide bonds. The van der Waals surface area contributed by atoms with Crippen LogP contribution in [-0.2, 0) is 0 Å². The molecule has 0 aliphatic carbocycles. The molecule has 27 heavy (non-hydrogen) atoms. The van der Waals surface area contributed by atoms with Gasteiger partial charge >= 0.3 is 0 Å². The molecule has 1 aliphatic rings. The molecule has 0 radical (unpaired) electrons. The predicted octanol–water partition coefficient (Wildman–Crippen LogP) is 4.48. The van der Waals surface area contributed by atoms with E-state index in [1.807, 2.05) is 47.4 Å². The van der Waals surface area contributed by atoms with Crippen LogP contribution < -0.4 is 4.74 Å². The average Bonchev–Trinajstić information content (AvgIpc) is 3.38. The number of halogens is 1. The second kappa shape index (κ2) is 7.56. The Bertz CT molecular complexity index is 935. The summed E-state index contributed by atoms with van der Waals surface area (Å²) in [5.41, 5.74) is 3.53. The Hall–Kier alpha value is -2.60. The number of aromatic amines is 1. The summed E-state index contributed by atoms with van der Waals surface area (Å²) in [6.07, 6.45) is 0.964. The molecule has 1 saturated heterocycles. The summed E-state index contributed by atoms with van der Waals surface area (Å²) in [5.74, 6) is 1.21. The van der Waals surface area contributed by atoms with Gasteiger partial charge in [0.05, 0.1) is 12.8 Å². The number of benzene rings is 2. The number of rotatable bonds is 4. The number of nitrogens with zero attached hydrogens (tertiary/aromatic N) is 2. The molecule has 138 valence electrons. The summed E-state index contributed by atoms with van der Waals surface area (Å²) in [6, 6.07) is 17.8. The first-order valence-electron chi connectivity index (χ1n) is 8.88. The van der Waals surface area contributed by atoms with Gasteiger partial charge < -0.3 is 9.64 Å². The minimum absolute atomic E-state index is 0.00173. The minimum atomic E-state index is 0.00173. The number of nitrogens with one attached hydrogen (secondary N) is 1. The molecule has 1 fully saturated rings. The fraction of sp³-hybridized carbons (Fsp3) is 0.238. The molecule has 1 atom stereocenters. The lowest BCUT2D eigenvalue weighted by atomic mass is 9.98. The maximum absolute atomic E-state index is 12.9. The van der Waals surface area contributed by atoms with Gasteiger partial charge in [0.15, 0.2) is 0 Å². The smallest absolute Gasteiger partial charge is 0.271 e. The highest BCUT2D eigenvalue weighted by atomic mass is 79.9. The van der Waals surface area contributed by atoms with Crippen LogP contribution >= 0.6 is 15.9 Å². The molecule has 0 spiro atoms. The predicted molar refractivity (Wildman–Crippen MR) is 108 cm³/mol. The lowest BCUT2D eigenvalue weighted by Gasteiger charge is -2.15. The zero-order chi connectivity index (χ0) is 18.8. The van der Waals surface area contributed by atoms with Gasteiger partial charge in [0.2, 0.25) is 0 Å². The van der Waals surface area contributed by atoms with Crippen LogP contribution in [0.4, 0.5) is 0 Å². The molecular weight excluding hydrogens is 406 g/mol. The molecule has 4 rings (SSSR count). The fourth-order valence-corrected chi connectivity index (χ4v) is 3.73. The number of amides is 1. The molecule has 0 saturated carbocycles. The topological polar surface area (TPSA) is 58.2 Å². The third-order valence-electron chi connectivity index (χ3n) is 5.01. The monoisotopic (exact) mass is 425 g/mol. The lowest BCUT2D eigenvalue weighted by Crippen LogP contribution is -2.28. The highest BCUT2D eigenvalue weighted by Crippen LogP contribution is 2.29. The highest BCUT2D eigenvalue weighted by Gasteiger charge is 2.29. The SMILES string of the molecule is COc1ccc(C2CCN(C(=O)c3cc(-c4ccc(Br)cc4)n[nH]3)C2)cc1. The molecule has 3 aromatic rings. The van der Waals surface area contributed by atoms with Crippen molar-refractivity contribution in [1.29, 1.82) is 0 Å². The van der Waals surface area contributed by atoms with Crippen molar-refractivity contribution in [1.82, 2.24) is 15.1 Å². The number of hydrogen-bond donors (Lipinski definition) is 1. The number of carbonyl (C=O) groups is 1. The summed E-state index contributed by atoms with van der Waals surface area (Å²) < 4.78 is 6.23. The van der Waals surface area contributed by atoms with Gasteiger partial charge in [-0.15, -0.1) is 0 Å². The van der Waals surface area contributed by atoms with Crippen molar-refractivity contribution in [2.75, 3.05) is 20.2 Å². The van der Waals surface area contributed by atoms with Crippen molar-refractivity contribution < 1.29 is 9.53 Å². The van der Waals surface area contributed by atoms with Crippen LogP contribution in [0.15, 0.2) is 59.1 Å². The molecule has 5 nitrogen and oxygen atoms in total. The highest BCUT2D eigenvalue weighted by molar-refractivity contribution is 9.10. The summed E-state index contributed by atoms with van der Waals surface area (Å²) in [4.78, 5) is 14.7. The van der Waals surface area contributed by atoms with E-state index in [2.05, 4.69) is 38.3 Å². The number of methoxy groups -OCH3 is 1. The zero-order valence-corrected chi connectivity index (χ0v) is 16.6. The molecule has 6 heteroatoms. The first-order valence-corrected chi connectivity index (χ1v) is 9.68. The molecule has 1 unspecified atom stereocenters. The zero-order valence-electron chi connectivity index (χ0n) is 15.0. The van der Waals surface area contributed by atoms with E-state index in [1.54, 1.807) is 7.11 Å². The number of aromatic nitrogens is 2. The second-order valence-electron chi connectivity index (χ2n) is 6.68. The Balaban J connectivity index is 1.45. The fourth-order valence-electron chi connectivity index (χ4n) is 3.46. The molecule has 0 bridgehead atoms. The quantitative estimate of drug-likeness (QED) is 0.670. The standard InChI is InChI=1S/C21H20BrN3O2/c1-27-18-8-4-14(5-9-18)16-10-11-25(13-16)21(26)20-12-19(23-24-20)15-2-6-17(22)7-3-15/h2-9,12,16H,10-11,13H2,1H3,(H,23,24). The van der Waals surface area contributed by atoms with Crippen LogP contribution in [0.1, 0.15) is 28.4 Å². The minimum Gasteiger partial charge on any atom is -0.497 e. The average molecular weight is 426 g/mol. The third-order valence-corrected chi connectivity index (χ3v) is 5.54. The summed E-state index contributed by atoms with van der Waals surface area (Å²) in [6.45, 7) is 1.47. The molecule has 1 aliphatic heterocycles. The van der Waals surface area contributed by atoms with E-state index in [1.165, 1.54) is 5.56 Å². The molecule has 1 N–H and O–H groups in total. The summed E-state index contributed by atoms with van der Waals surface area (Å²) >= 11 is 3.43. The summed E-state index contributed by atoms with van der Waals surface area (Å²) in [7, 11) is 1.66.